The Morgan fingerprint density at radius 2 is 1.20 bits per heavy atom. The second-order valence-electron chi connectivity index (χ2n) is 11.4. The third-order valence-corrected chi connectivity index (χ3v) is 8.54. The van der Waals surface area contributed by atoms with Crippen molar-refractivity contribution in [3.63, 3.8) is 0 Å². The van der Waals surface area contributed by atoms with Gasteiger partial charge in [-0.3, -0.25) is 0 Å². The van der Waals surface area contributed by atoms with Crippen molar-refractivity contribution in [2.75, 3.05) is 0 Å². The topological polar surface area (TPSA) is 38.9 Å². The maximum absolute atomic E-state index is 6.24. The Balaban J connectivity index is 1.19. The molecule has 0 fully saturated rings. The van der Waals surface area contributed by atoms with Crippen LogP contribution in [0.5, 0.6) is 0 Å². The number of hydrogen-bond acceptors (Lipinski definition) is 3. The van der Waals surface area contributed by atoms with E-state index in [1.165, 1.54) is 22.1 Å². The quantitative estimate of drug-likeness (QED) is 0.208. The summed E-state index contributed by atoms with van der Waals surface area (Å²) in [5.41, 5.74) is 11.8. The van der Waals surface area contributed by atoms with E-state index in [0.717, 1.165) is 57.0 Å². The average Bonchev–Trinajstić information content (AvgIpc) is 3.48. The van der Waals surface area contributed by atoms with Gasteiger partial charge in [0.1, 0.15) is 11.3 Å². The molecule has 1 unspecified atom stereocenters. The van der Waals surface area contributed by atoms with Gasteiger partial charge >= 0.3 is 0 Å². The molecule has 2 heterocycles. The predicted molar refractivity (Wildman–Crippen MR) is 181 cm³/mol. The van der Waals surface area contributed by atoms with E-state index < -0.39 is 0 Å². The van der Waals surface area contributed by atoms with E-state index >= 15 is 0 Å². The molecule has 8 rings (SSSR count). The third kappa shape index (κ3) is 4.73. The summed E-state index contributed by atoms with van der Waals surface area (Å²) >= 11 is 0. The molecule has 0 N–H and O–H groups in total. The van der Waals surface area contributed by atoms with Crippen LogP contribution in [0, 0.1) is 0 Å². The molecule has 210 valence electrons. The lowest BCUT2D eigenvalue weighted by Gasteiger charge is -2.13. The zero-order chi connectivity index (χ0) is 29.5. The standard InChI is InChI=1S/C41H30N2O/c1-27-11-10-18-35-36-25-32(23-24-39(36)44-40(27)35)28-19-21-29(22-20-28)33-16-8-9-17-34(33)38-26-37(30-12-4-2-5-13-30)42-41(43-38)31-14-6-3-7-15-31/h2-10,12-27H,11H2,1H3. The van der Waals surface area contributed by atoms with E-state index in [-0.39, 0.29) is 0 Å². The highest BCUT2D eigenvalue weighted by molar-refractivity contribution is 5.93. The molecule has 2 aromatic heterocycles. The van der Waals surface area contributed by atoms with Crippen molar-refractivity contribution in [3.8, 4) is 56.2 Å². The van der Waals surface area contributed by atoms with Gasteiger partial charge in [-0.15, -0.1) is 0 Å². The van der Waals surface area contributed by atoms with Crippen LogP contribution in [-0.4, -0.2) is 9.97 Å². The summed E-state index contributed by atoms with van der Waals surface area (Å²) in [7, 11) is 0. The molecule has 3 heteroatoms. The first kappa shape index (κ1) is 26.1. The molecule has 44 heavy (non-hydrogen) atoms. The number of benzene rings is 5. The summed E-state index contributed by atoms with van der Waals surface area (Å²) in [6, 6.07) is 46.5. The first-order chi connectivity index (χ1) is 21.7. The summed E-state index contributed by atoms with van der Waals surface area (Å²) in [6.45, 7) is 2.23. The van der Waals surface area contributed by atoms with Gasteiger partial charge in [-0.2, -0.15) is 0 Å². The fraction of sp³-hybridized carbons (Fsp3) is 0.0732. The molecule has 7 aromatic rings. The molecule has 1 aliphatic rings. The number of hydrogen-bond donors (Lipinski definition) is 0. The molecule has 0 bridgehead atoms. The van der Waals surface area contributed by atoms with Crippen molar-refractivity contribution in [1.29, 1.82) is 0 Å². The Kier molecular flexibility index (Phi) is 6.49. The second kappa shape index (κ2) is 10.9. The van der Waals surface area contributed by atoms with Crippen LogP contribution in [0.2, 0.25) is 0 Å². The lowest BCUT2D eigenvalue weighted by molar-refractivity contribution is 0.504. The maximum Gasteiger partial charge on any atom is 0.160 e. The first-order valence-corrected chi connectivity index (χ1v) is 15.1. The summed E-state index contributed by atoms with van der Waals surface area (Å²) < 4.78 is 6.24. The van der Waals surface area contributed by atoms with Gasteiger partial charge in [0.15, 0.2) is 5.82 Å². The van der Waals surface area contributed by atoms with E-state index in [0.29, 0.717) is 11.7 Å². The van der Waals surface area contributed by atoms with Gasteiger partial charge in [-0.1, -0.05) is 134 Å². The molecule has 1 aliphatic carbocycles. The zero-order valence-electron chi connectivity index (χ0n) is 24.4. The van der Waals surface area contributed by atoms with E-state index in [4.69, 9.17) is 14.4 Å². The third-order valence-electron chi connectivity index (χ3n) is 8.54. The molecule has 0 radical (unpaired) electrons. The normalized spacial score (nSPS) is 14.1. The zero-order valence-corrected chi connectivity index (χ0v) is 24.4. The fourth-order valence-corrected chi connectivity index (χ4v) is 6.21. The fourth-order valence-electron chi connectivity index (χ4n) is 6.21. The summed E-state index contributed by atoms with van der Waals surface area (Å²) in [6.07, 6.45) is 5.49. The van der Waals surface area contributed by atoms with Gasteiger partial charge in [0, 0.05) is 33.6 Å². The van der Waals surface area contributed by atoms with Crippen LogP contribution in [0.15, 0.2) is 144 Å². The predicted octanol–water partition coefficient (Wildman–Crippen LogP) is 11.1. The van der Waals surface area contributed by atoms with Crippen LogP contribution in [-0.2, 0) is 0 Å². The van der Waals surface area contributed by atoms with Crippen molar-refractivity contribution in [3.05, 3.63) is 151 Å². The largest absolute Gasteiger partial charge is 0.460 e. The Hall–Kier alpha value is -5.54. The Labute approximate surface area is 257 Å². The molecule has 5 aromatic carbocycles. The number of allylic oxidation sites excluding steroid dienone is 1. The van der Waals surface area contributed by atoms with Gasteiger partial charge in [0.05, 0.1) is 11.4 Å². The molecule has 0 aliphatic heterocycles. The molecule has 0 spiro atoms. The molecule has 3 nitrogen and oxygen atoms in total. The maximum atomic E-state index is 6.24. The van der Waals surface area contributed by atoms with Crippen LogP contribution in [0.3, 0.4) is 0 Å². The SMILES string of the molecule is CC1CC=Cc2c1oc1ccc(-c3ccc(-c4ccccc4-c4cc(-c5ccccc5)nc(-c5ccccc5)n4)cc3)cc21. The van der Waals surface area contributed by atoms with Crippen LogP contribution < -0.4 is 0 Å². The van der Waals surface area contributed by atoms with E-state index in [1.54, 1.807) is 0 Å². The molecule has 0 saturated heterocycles. The minimum atomic E-state index is 0.410. The summed E-state index contributed by atoms with van der Waals surface area (Å²) in [5, 5.41) is 1.18. The van der Waals surface area contributed by atoms with Crippen LogP contribution >= 0.6 is 0 Å². The highest BCUT2D eigenvalue weighted by atomic mass is 16.3. The lowest BCUT2D eigenvalue weighted by atomic mass is 9.92. The average molecular weight is 567 g/mol. The summed E-state index contributed by atoms with van der Waals surface area (Å²) in [4.78, 5) is 10.1. The van der Waals surface area contributed by atoms with Crippen molar-refractivity contribution in [1.82, 2.24) is 9.97 Å². The van der Waals surface area contributed by atoms with Gasteiger partial charge in [0.2, 0.25) is 0 Å². The molecular formula is C41H30N2O. The minimum Gasteiger partial charge on any atom is -0.460 e. The molecular weight excluding hydrogens is 536 g/mol. The lowest BCUT2D eigenvalue weighted by Crippen LogP contribution is -1.97. The Morgan fingerprint density at radius 1 is 0.568 bits per heavy atom. The minimum absolute atomic E-state index is 0.410. The second-order valence-corrected chi connectivity index (χ2v) is 11.4. The molecule has 0 amide bonds. The highest BCUT2D eigenvalue weighted by Crippen LogP contribution is 2.39. The van der Waals surface area contributed by atoms with Crippen LogP contribution in [0.1, 0.15) is 30.6 Å². The molecule has 0 saturated carbocycles. The van der Waals surface area contributed by atoms with Crippen LogP contribution in [0.4, 0.5) is 0 Å². The van der Waals surface area contributed by atoms with Crippen LogP contribution in [0.25, 0.3) is 73.2 Å². The molecule has 1 atom stereocenters. The van der Waals surface area contributed by atoms with E-state index in [2.05, 4.69) is 116 Å². The van der Waals surface area contributed by atoms with Crippen molar-refractivity contribution in [2.45, 2.75) is 19.3 Å². The highest BCUT2D eigenvalue weighted by Gasteiger charge is 2.21. The number of furan rings is 1. The van der Waals surface area contributed by atoms with Crippen molar-refractivity contribution in [2.24, 2.45) is 0 Å². The summed E-state index contributed by atoms with van der Waals surface area (Å²) in [5.74, 6) is 2.22. The van der Waals surface area contributed by atoms with Gasteiger partial charge in [-0.25, -0.2) is 9.97 Å². The van der Waals surface area contributed by atoms with Crippen molar-refractivity contribution >= 4 is 17.0 Å². The monoisotopic (exact) mass is 566 g/mol. The smallest absolute Gasteiger partial charge is 0.160 e. The van der Waals surface area contributed by atoms with E-state index in [9.17, 15) is 0 Å². The van der Waals surface area contributed by atoms with Gasteiger partial charge < -0.3 is 4.42 Å². The van der Waals surface area contributed by atoms with Gasteiger partial charge in [-0.05, 0) is 46.9 Å². The number of nitrogens with zero attached hydrogens (tertiary/aromatic N) is 2. The van der Waals surface area contributed by atoms with Crippen molar-refractivity contribution < 1.29 is 4.42 Å². The number of aromatic nitrogens is 2. The Morgan fingerprint density at radius 3 is 1.98 bits per heavy atom. The number of fused-ring (bicyclic) bond motifs is 3. The van der Waals surface area contributed by atoms with Gasteiger partial charge in [0.25, 0.3) is 0 Å². The van der Waals surface area contributed by atoms with E-state index in [1.807, 2.05) is 36.4 Å². The Bertz CT molecular complexity index is 2080. The number of rotatable bonds is 5. The first-order valence-electron chi connectivity index (χ1n) is 15.1.